The van der Waals surface area contributed by atoms with E-state index >= 15 is 4.39 Å². The predicted molar refractivity (Wildman–Crippen MR) is 118 cm³/mol. The molecule has 8 heteroatoms. The Morgan fingerprint density at radius 1 is 1.12 bits per heavy atom. The number of hydrogen-bond donors (Lipinski definition) is 0. The number of aromatic nitrogens is 1. The van der Waals surface area contributed by atoms with Crippen molar-refractivity contribution in [3.05, 3.63) is 76.9 Å². The summed E-state index contributed by atoms with van der Waals surface area (Å²) >= 11 is 0. The molecule has 0 unspecified atom stereocenters. The molecule has 2 aromatic carbocycles. The first-order valence-electron chi connectivity index (χ1n) is 10.4. The van der Waals surface area contributed by atoms with Crippen molar-refractivity contribution in [3.8, 4) is 28.6 Å². The number of rotatable bonds is 3. The number of hydrogen-bond acceptors (Lipinski definition) is 6. The molecule has 0 amide bonds. The van der Waals surface area contributed by atoms with E-state index in [0.717, 1.165) is 5.56 Å². The molecule has 1 aliphatic rings. The highest BCUT2D eigenvalue weighted by molar-refractivity contribution is 5.75. The molecule has 0 saturated carbocycles. The number of fused-ring (bicyclic) bond motifs is 6. The average Bonchev–Trinajstić information content (AvgIpc) is 2.81. The smallest absolute Gasteiger partial charge is 0.310 e. The molecule has 0 aliphatic carbocycles. The largest absolute Gasteiger partial charge is 0.491 e. The molecule has 0 saturated heterocycles. The molecule has 4 bridgehead atoms. The van der Waals surface area contributed by atoms with Crippen LogP contribution in [0.5, 0.6) is 17.4 Å². The van der Waals surface area contributed by atoms with Gasteiger partial charge in [0.2, 0.25) is 5.88 Å². The highest BCUT2D eigenvalue weighted by atomic mass is 19.1. The van der Waals surface area contributed by atoms with Crippen molar-refractivity contribution in [2.24, 2.45) is 0 Å². The van der Waals surface area contributed by atoms with Gasteiger partial charge in [0, 0.05) is 22.8 Å². The van der Waals surface area contributed by atoms with Gasteiger partial charge >= 0.3 is 5.97 Å². The monoisotopic (exact) mass is 448 g/mol. The summed E-state index contributed by atoms with van der Waals surface area (Å²) in [4.78, 5) is 19.9. The Kier molecular flexibility index (Phi) is 6.69. The minimum absolute atomic E-state index is 0.130. The van der Waals surface area contributed by atoms with Gasteiger partial charge in [-0.3, -0.25) is 4.79 Å². The van der Waals surface area contributed by atoms with Crippen LogP contribution in [0.3, 0.4) is 0 Å². The van der Waals surface area contributed by atoms with E-state index in [2.05, 4.69) is 9.83 Å². The standard InChI is InChI=1S/C25H21FN2O5/c1-3-30-25(29)12-17-11-20(26)19-14-23(17)32-10-9-31-22-13-18(27-2)8-7-16(22)15-33-24-6-4-5-21(19)28-24/h4-8,11,13-14H,3,9-10,12,15H2,1H3. The van der Waals surface area contributed by atoms with Gasteiger partial charge in [0.1, 0.15) is 37.1 Å². The Balaban J connectivity index is 1.73. The molecule has 3 aromatic rings. The van der Waals surface area contributed by atoms with E-state index in [4.69, 9.17) is 25.5 Å². The van der Waals surface area contributed by atoms with Crippen molar-refractivity contribution >= 4 is 11.7 Å². The van der Waals surface area contributed by atoms with Crippen molar-refractivity contribution in [1.82, 2.24) is 4.98 Å². The van der Waals surface area contributed by atoms with Crippen LogP contribution in [-0.4, -0.2) is 30.8 Å². The van der Waals surface area contributed by atoms with Crippen molar-refractivity contribution in [1.29, 1.82) is 0 Å². The first kappa shape index (κ1) is 22.1. The molecule has 1 aromatic heterocycles. The summed E-state index contributed by atoms with van der Waals surface area (Å²) in [6.07, 6.45) is -0.130. The van der Waals surface area contributed by atoms with Crippen molar-refractivity contribution in [3.63, 3.8) is 0 Å². The van der Waals surface area contributed by atoms with Gasteiger partial charge in [-0.15, -0.1) is 0 Å². The van der Waals surface area contributed by atoms with Gasteiger partial charge < -0.3 is 18.9 Å². The van der Waals surface area contributed by atoms with E-state index in [9.17, 15) is 4.79 Å². The van der Waals surface area contributed by atoms with Gasteiger partial charge in [-0.05, 0) is 31.2 Å². The van der Waals surface area contributed by atoms with E-state index < -0.39 is 11.8 Å². The number of benzene rings is 2. The van der Waals surface area contributed by atoms with Crippen LogP contribution in [0.2, 0.25) is 0 Å². The molecule has 0 fully saturated rings. The van der Waals surface area contributed by atoms with Gasteiger partial charge in [-0.1, -0.05) is 18.2 Å². The number of carbonyl (C=O) groups excluding carboxylic acids is 1. The van der Waals surface area contributed by atoms with Crippen LogP contribution in [0.1, 0.15) is 18.1 Å². The van der Waals surface area contributed by atoms with Gasteiger partial charge in [0.15, 0.2) is 5.69 Å². The molecular formula is C25H21FN2O5. The number of halogens is 1. The number of pyridine rings is 1. The molecule has 0 radical (unpaired) electrons. The van der Waals surface area contributed by atoms with Crippen LogP contribution in [0, 0.1) is 12.4 Å². The second-order valence-electron chi connectivity index (χ2n) is 7.17. The van der Waals surface area contributed by atoms with Crippen LogP contribution in [-0.2, 0) is 22.6 Å². The normalized spacial score (nSPS) is 12.6. The Hall–Kier alpha value is -4.12. The van der Waals surface area contributed by atoms with E-state index in [-0.39, 0.29) is 38.4 Å². The lowest BCUT2D eigenvalue weighted by Crippen LogP contribution is -2.14. The Morgan fingerprint density at radius 2 is 1.94 bits per heavy atom. The van der Waals surface area contributed by atoms with Crippen molar-refractivity contribution in [2.45, 2.75) is 20.0 Å². The van der Waals surface area contributed by atoms with Crippen molar-refractivity contribution in [2.75, 3.05) is 19.8 Å². The first-order valence-corrected chi connectivity index (χ1v) is 10.4. The number of nitrogens with zero attached hydrogens (tertiary/aromatic N) is 2. The molecular weight excluding hydrogens is 427 g/mol. The summed E-state index contributed by atoms with van der Waals surface area (Å²) in [5.74, 6) is 0.137. The zero-order chi connectivity index (χ0) is 23.2. The first-order chi connectivity index (χ1) is 16.1. The molecule has 33 heavy (non-hydrogen) atoms. The van der Waals surface area contributed by atoms with Gasteiger partial charge in [0.25, 0.3) is 0 Å². The van der Waals surface area contributed by atoms with E-state index in [0.29, 0.717) is 34.3 Å². The summed E-state index contributed by atoms with van der Waals surface area (Å²) in [5.41, 5.74) is 2.14. The Labute approximate surface area is 190 Å². The Morgan fingerprint density at radius 3 is 2.73 bits per heavy atom. The zero-order valence-corrected chi connectivity index (χ0v) is 18.0. The fourth-order valence-electron chi connectivity index (χ4n) is 3.40. The topological polar surface area (TPSA) is 71.2 Å². The SMILES string of the molecule is [C-]#[N+]c1ccc2c(c1)OCCOc1cc(c(F)cc1CC(=O)OCC)-c1cccc(n1)OC2. The second kappa shape index (κ2) is 10.0. The maximum absolute atomic E-state index is 15.0. The van der Waals surface area contributed by atoms with Crippen LogP contribution >= 0.6 is 0 Å². The summed E-state index contributed by atoms with van der Waals surface area (Å²) in [7, 11) is 0. The van der Waals surface area contributed by atoms with E-state index in [1.807, 2.05) is 0 Å². The van der Waals surface area contributed by atoms with Crippen LogP contribution in [0.4, 0.5) is 10.1 Å². The minimum Gasteiger partial charge on any atom is -0.491 e. The maximum Gasteiger partial charge on any atom is 0.310 e. The fourth-order valence-corrected chi connectivity index (χ4v) is 3.40. The highest BCUT2D eigenvalue weighted by Gasteiger charge is 2.18. The predicted octanol–water partition coefficient (Wildman–Crippen LogP) is 4.89. The molecule has 7 nitrogen and oxygen atoms in total. The average molecular weight is 448 g/mol. The lowest BCUT2D eigenvalue weighted by molar-refractivity contribution is -0.142. The summed E-state index contributed by atoms with van der Waals surface area (Å²) in [6.45, 7) is 9.64. The summed E-state index contributed by atoms with van der Waals surface area (Å²) in [6, 6.07) is 12.9. The molecule has 0 atom stereocenters. The van der Waals surface area contributed by atoms with Gasteiger partial charge in [-0.25, -0.2) is 14.2 Å². The van der Waals surface area contributed by atoms with Crippen LogP contribution in [0.25, 0.3) is 16.1 Å². The van der Waals surface area contributed by atoms with Crippen LogP contribution in [0.15, 0.2) is 48.5 Å². The minimum atomic E-state index is -0.535. The third-order valence-corrected chi connectivity index (χ3v) is 4.94. The molecule has 4 rings (SSSR count). The Bertz CT molecular complexity index is 1220. The third kappa shape index (κ3) is 5.21. The van der Waals surface area contributed by atoms with Crippen molar-refractivity contribution < 1.29 is 28.1 Å². The molecule has 168 valence electrons. The lowest BCUT2D eigenvalue weighted by atomic mass is 10.0. The molecule has 2 heterocycles. The molecule has 0 N–H and O–H groups in total. The van der Waals surface area contributed by atoms with E-state index in [1.54, 1.807) is 43.3 Å². The second-order valence-corrected chi connectivity index (χ2v) is 7.17. The highest BCUT2D eigenvalue weighted by Crippen LogP contribution is 2.32. The number of carbonyl (C=O) groups is 1. The summed E-state index contributed by atoms with van der Waals surface area (Å²) < 4.78 is 37.6. The molecule has 0 spiro atoms. The quantitative estimate of drug-likeness (QED) is 0.420. The maximum atomic E-state index is 15.0. The zero-order valence-electron chi connectivity index (χ0n) is 18.0. The third-order valence-electron chi connectivity index (χ3n) is 4.94. The van der Waals surface area contributed by atoms with Crippen LogP contribution < -0.4 is 14.2 Å². The lowest BCUT2D eigenvalue weighted by Gasteiger charge is -2.17. The fraction of sp³-hybridized carbons (Fsp3) is 0.240. The molecule has 1 aliphatic heterocycles. The van der Waals surface area contributed by atoms with Gasteiger partial charge in [0.05, 0.1) is 25.3 Å². The van der Waals surface area contributed by atoms with E-state index in [1.165, 1.54) is 12.1 Å². The number of ether oxygens (including phenoxy) is 4. The van der Waals surface area contributed by atoms with Gasteiger partial charge in [-0.2, -0.15) is 0 Å². The summed E-state index contributed by atoms with van der Waals surface area (Å²) in [5, 5.41) is 0. The number of esters is 1.